The minimum absolute atomic E-state index is 0. The van der Waals surface area contributed by atoms with Gasteiger partial charge in [-0.3, -0.25) is 0 Å². The minimum atomic E-state index is 0. The summed E-state index contributed by atoms with van der Waals surface area (Å²) in [5, 5.41) is 21.0. The summed E-state index contributed by atoms with van der Waals surface area (Å²) in [6, 6.07) is 0. The minimum Gasteiger partial charge on any atom is -0.549 e. The van der Waals surface area contributed by atoms with Crippen LogP contribution in [0.5, 0.6) is 0 Å². The Morgan fingerprint density at radius 1 is 1.20 bits per heavy atom. The molecule has 0 radical (unpaired) electrons. The van der Waals surface area contributed by atoms with Gasteiger partial charge in [-0.25, -0.2) is 0 Å². The molecule has 0 saturated carbocycles. The number of aliphatic hydroxyl groups is 3. The zero-order chi connectivity index (χ0) is 11.8. The molecule has 1 fully saturated rings. The summed E-state index contributed by atoms with van der Waals surface area (Å²) < 4.78 is 9.93. The molecule has 1 heterocycles. The van der Waals surface area contributed by atoms with E-state index in [9.17, 15) is 0 Å². The Hall–Kier alpha value is 0.683. The van der Waals surface area contributed by atoms with Crippen molar-refractivity contribution in [2.45, 2.75) is 19.4 Å². The van der Waals surface area contributed by atoms with Crippen LogP contribution in [-0.4, -0.2) is 56.0 Å². The van der Waals surface area contributed by atoms with Crippen molar-refractivity contribution in [3.05, 3.63) is 6.61 Å². The van der Waals surface area contributed by atoms with Gasteiger partial charge >= 0.3 is 0 Å². The van der Waals surface area contributed by atoms with Gasteiger partial charge in [-0.2, -0.15) is 6.61 Å². The molecule has 0 aliphatic carbocycles. The summed E-state index contributed by atoms with van der Waals surface area (Å²) in [5.41, 5.74) is 0. The normalized spacial score (nSPS) is 15.0. The number of hydrogen-bond acceptors (Lipinski definition) is 5. The molecule has 15 heavy (non-hydrogen) atoms. The van der Waals surface area contributed by atoms with E-state index in [1.165, 1.54) is 0 Å². The second-order valence-electron chi connectivity index (χ2n) is 1.88. The first-order chi connectivity index (χ1) is 6.93. The van der Waals surface area contributed by atoms with Crippen LogP contribution in [0.4, 0.5) is 0 Å². The Bertz CT molecular complexity index is 71.5. The van der Waals surface area contributed by atoms with Crippen LogP contribution in [0.1, 0.15) is 13.3 Å². The van der Waals surface area contributed by atoms with Gasteiger partial charge in [0.1, 0.15) is 0 Å². The van der Waals surface area contributed by atoms with Crippen LogP contribution in [0, 0.1) is 6.61 Å². The van der Waals surface area contributed by atoms with E-state index in [4.69, 9.17) is 24.8 Å². The summed E-state index contributed by atoms with van der Waals surface area (Å²) in [6.07, 6.45) is 1.38. The molecule has 0 spiro atoms. The van der Waals surface area contributed by atoms with Crippen molar-refractivity contribution in [1.82, 2.24) is 0 Å². The number of rotatable bonds is 4. The van der Waals surface area contributed by atoms with Crippen LogP contribution in [0.15, 0.2) is 0 Å². The quantitative estimate of drug-likeness (QED) is 0.380. The summed E-state index contributed by atoms with van der Waals surface area (Å²) in [5.74, 6) is 0. The molecule has 3 N–H and O–H groups in total. The number of aliphatic hydroxyl groups excluding tert-OH is 3. The summed E-state index contributed by atoms with van der Waals surface area (Å²) in [6.45, 7) is 5.52. The van der Waals surface area contributed by atoms with Crippen LogP contribution in [0.3, 0.4) is 0 Å². The SMILES string of the molecule is CCCO[CH-]C1CO1.CO.CO.CO.[Zr]. The van der Waals surface area contributed by atoms with Gasteiger partial charge in [0.05, 0.1) is 0 Å². The van der Waals surface area contributed by atoms with E-state index < -0.39 is 0 Å². The third kappa shape index (κ3) is 31.3. The number of epoxide rings is 1. The van der Waals surface area contributed by atoms with E-state index in [0.29, 0.717) is 6.10 Å². The van der Waals surface area contributed by atoms with Gasteiger partial charge in [0, 0.05) is 60.7 Å². The molecule has 0 bridgehead atoms. The number of ether oxygens (including phenoxy) is 2. The maximum absolute atomic E-state index is 7.00. The van der Waals surface area contributed by atoms with Crippen LogP contribution in [0.2, 0.25) is 0 Å². The number of hydrogen-bond donors (Lipinski definition) is 3. The first-order valence-electron chi connectivity index (χ1n) is 4.34. The largest absolute Gasteiger partial charge is 0.549 e. The Labute approximate surface area is 112 Å². The predicted octanol–water partition coefficient (Wildman–Crippen LogP) is -0.203. The van der Waals surface area contributed by atoms with Gasteiger partial charge < -0.3 is 24.8 Å². The molecule has 0 aromatic carbocycles. The van der Waals surface area contributed by atoms with E-state index in [1.807, 2.05) is 0 Å². The summed E-state index contributed by atoms with van der Waals surface area (Å²) in [4.78, 5) is 0. The Balaban J connectivity index is -0.0000000755. The topological polar surface area (TPSA) is 82.5 Å². The van der Waals surface area contributed by atoms with E-state index in [2.05, 4.69) is 6.92 Å². The molecule has 1 saturated heterocycles. The standard InChI is InChI=1S/C6H11O2.3CH4O.Zr/c1-2-3-7-4-6-5-8-6;3*1-2;/h4,6H,2-3,5H2,1H3;3*2H,1H3;/q-1;;;;. The van der Waals surface area contributed by atoms with Crippen LogP contribution in [0.25, 0.3) is 0 Å². The zero-order valence-corrected chi connectivity index (χ0v) is 12.4. The van der Waals surface area contributed by atoms with Gasteiger partial charge in [0.15, 0.2) is 0 Å². The molecular formula is C9H23O5Zr-. The predicted molar refractivity (Wildman–Crippen MR) is 54.7 cm³/mol. The Kier molecular flexibility index (Phi) is 48.4. The second kappa shape index (κ2) is 29.3. The van der Waals surface area contributed by atoms with E-state index in [0.717, 1.165) is 41.0 Å². The molecule has 1 aliphatic rings. The monoisotopic (exact) mass is 301 g/mol. The fraction of sp³-hybridized carbons (Fsp3) is 0.889. The molecule has 0 aromatic rings. The molecule has 1 rings (SSSR count). The average Bonchev–Trinajstić information content (AvgIpc) is 3.11. The molecule has 6 heteroatoms. The zero-order valence-electron chi connectivity index (χ0n) is 9.93. The molecule has 0 amide bonds. The summed E-state index contributed by atoms with van der Waals surface area (Å²) in [7, 11) is 3.00. The molecule has 1 aliphatic heterocycles. The van der Waals surface area contributed by atoms with Gasteiger partial charge in [0.2, 0.25) is 0 Å². The smallest absolute Gasteiger partial charge is 0.0437 e. The Morgan fingerprint density at radius 2 is 1.60 bits per heavy atom. The third-order valence-electron chi connectivity index (χ3n) is 0.929. The van der Waals surface area contributed by atoms with Gasteiger partial charge in [-0.1, -0.05) is 6.92 Å². The molecular weight excluding hydrogens is 279 g/mol. The van der Waals surface area contributed by atoms with Crippen molar-refractivity contribution in [1.29, 1.82) is 0 Å². The molecule has 1 unspecified atom stereocenters. The van der Waals surface area contributed by atoms with Gasteiger partial charge in [0.25, 0.3) is 0 Å². The van der Waals surface area contributed by atoms with Crippen molar-refractivity contribution in [2.75, 3.05) is 34.5 Å². The van der Waals surface area contributed by atoms with Crippen molar-refractivity contribution in [2.24, 2.45) is 0 Å². The third-order valence-corrected chi connectivity index (χ3v) is 0.929. The van der Waals surface area contributed by atoms with E-state index >= 15 is 0 Å². The molecule has 0 aromatic heterocycles. The fourth-order valence-electron chi connectivity index (χ4n) is 0.427. The molecule has 1 atom stereocenters. The van der Waals surface area contributed by atoms with Crippen molar-refractivity contribution in [3.63, 3.8) is 0 Å². The maximum atomic E-state index is 7.00. The van der Waals surface area contributed by atoms with Gasteiger partial charge in [-0.15, -0.1) is 0 Å². The maximum Gasteiger partial charge on any atom is 0.0437 e. The van der Waals surface area contributed by atoms with Crippen LogP contribution in [-0.2, 0) is 35.7 Å². The molecule has 5 nitrogen and oxygen atoms in total. The first kappa shape index (κ1) is 24.8. The van der Waals surface area contributed by atoms with Crippen LogP contribution >= 0.6 is 0 Å². The van der Waals surface area contributed by atoms with E-state index in [1.54, 1.807) is 6.61 Å². The van der Waals surface area contributed by atoms with Crippen molar-refractivity contribution >= 4 is 0 Å². The fourth-order valence-corrected chi connectivity index (χ4v) is 0.427. The second-order valence-corrected chi connectivity index (χ2v) is 1.88. The first-order valence-corrected chi connectivity index (χ1v) is 4.34. The van der Waals surface area contributed by atoms with E-state index in [-0.39, 0.29) is 26.2 Å². The van der Waals surface area contributed by atoms with Gasteiger partial charge in [-0.05, 0) is 12.5 Å². The van der Waals surface area contributed by atoms with Crippen molar-refractivity contribution in [3.8, 4) is 0 Å². The van der Waals surface area contributed by atoms with Crippen LogP contribution < -0.4 is 0 Å². The van der Waals surface area contributed by atoms with Crippen molar-refractivity contribution < 1.29 is 51.0 Å². The Morgan fingerprint density at radius 3 is 1.87 bits per heavy atom. The average molecular weight is 303 g/mol. The molecule has 94 valence electrons. The summed E-state index contributed by atoms with van der Waals surface area (Å²) >= 11 is 0.